The second-order valence-electron chi connectivity index (χ2n) is 6.06. The Morgan fingerprint density at radius 2 is 2.00 bits per heavy atom. The number of carbonyl (C=O) groups is 1. The smallest absolute Gasteiger partial charge is 0.339 e. The molecule has 0 saturated carbocycles. The molecule has 7 nitrogen and oxygen atoms in total. The summed E-state index contributed by atoms with van der Waals surface area (Å²) < 4.78 is 11.1. The molecule has 0 unspecified atom stereocenters. The number of nitriles is 1. The van der Waals surface area contributed by atoms with Crippen molar-refractivity contribution in [2.75, 3.05) is 7.11 Å². The van der Waals surface area contributed by atoms with Crippen LogP contribution in [0.3, 0.4) is 0 Å². The third kappa shape index (κ3) is 3.55. The summed E-state index contributed by atoms with van der Waals surface area (Å²) in [6.07, 6.45) is 1.95. The standard InChI is InChI=1S/C20H15ClN2O5/c1-3-11-5-17-15(7-16(11)21)13(6-18(24)28-17)9-23-10-14(20(26)27-2)4-12(8-22)19(23)25/h4-7,10H,3,9H2,1-2H3. The molecule has 0 saturated heterocycles. The summed E-state index contributed by atoms with van der Waals surface area (Å²) in [6, 6.07) is 7.57. The van der Waals surface area contributed by atoms with Crippen LogP contribution in [0.5, 0.6) is 0 Å². The first-order valence-corrected chi connectivity index (χ1v) is 8.73. The highest BCUT2D eigenvalue weighted by Crippen LogP contribution is 2.26. The number of methoxy groups -OCH3 is 1. The molecule has 0 radical (unpaired) electrons. The van der Waals surface area contributed by atoms with Crippen molar-refractivity contribution in [3.8, 4) is 6.07 Å². The second kappa shape index (κ2) is 7.71. The highest BCUT2D eigenvalue weighted by molar-refractivity contribution is 6.32. The molecule has 2 heterocycles. The molecule has 28 heavy (non-hydrogen) atoms. The fourth-order valence-corrected chi connectivity index (χ4v) is 3.23. The molecule has 0 amide bonds. The molecular formula is C20H15ClN2O5. The van der Waals surface area contributed by atoms with Crippen molar-refractivity contribution >= 4 is 28.5 Å². The lowest BCUT2D eigenvalue weighted by Gasteiger charge is -2.11. The molecule has 0 spiro atoms. The lowest BCUT2D eigenvalue weighted by molar-refractivity contribution is 0.0599. The summed E-state index contributed by atoms with van der Waals surface area (Å²) in [5.41, 5.74) is 0.326. The van der Waals surface area contributed by atoms with E-state index >= 15 is 0 Å². The van der Waals surface area contributed by atoms with Gasteiger partial charge in [0.2, 0.25) is 0 Å². The van der Waals surface area contributed by atoms with Crippen LogP contribution in [0.1, 0.15) is 34.0 Å². The van der Waals surface area contributed by atoms with Crippen LogP contribution in [-0.4, -0.2) is 17.6 Å². The van der Waals surface area contributed by atoms with E-state index in [-0.39, 0.29) is 17.7 Å². The maximum atomic E-state index is 12.5. The normalized spacial score (nSPS) is 10.6. The molecule has 3 aromatic rings. The number of hydrogen-bond donors (Lipinski definition) is 0. The van der Waals surface area contributed by atoms with Crippen LogP contribution in [0.25, 0.3) is 11.0 Å². The van der Waals surface area contributed by atoms with E-state index in [0.29, 0.717) is 28.0 Å². The van der Waals surface area contributed by atoms with Crippen LogP contribution in [0.2, 0.25) is 5.02 Å². The van der Waals surface area contributed by atoms with Gasteiger partial charge in [0.25, 0.3) is 5.56 Å². The number of aromatic nitrogens is 1. The van der Waals surface area contributed by atoms with E-state index in [9.17, 15) is 19.6 Å². The number of carbonyl (C=O) groups excluding carboxylic acids is 1. The van der Waals surface area contributed by atoms with Gasteiger partial charge in [-0.3, -0.25) is 4.79 Å². The first kappa shape index (κ1) is 19.4. The summed E-state index contributed by atoms with van der Waals surface area (Å²) in [7, 11) is 1.20. The predicted molar refractivity (Wildman–Crippen MR) is 103 cm³/mol. The Morgan fingerprint density at radius 1 is 1.25 bits per heavy atom. The lowest BCUT2D eigenvalue weighted by atomic mass is 10.1. The zero-order valence-electron chi connectivity index (χ0n) is 15.1. The minimum Gasteiger partial charge on any atom is -0.465 e. The van der Waals surface area contributed by atoms with Gasteiger partial charge in [-0.2, -0.15) is 5.26 Å². The monoisotopic (exact) mass is 398 g/mol. The molecule has 0 fully saturated rings. The SMILES string of the molecule is CCc1cc2oc(=O)cc(Cn3cc(C(=O)OC)cc(C#N)c3=O)c2cc1Cl. The Kier molecular flexibility index (Phi) is 5.34. The topological polar surface area (TPSA) is 102 Å². The summed E-state index contributed by atoms with van der Waals surface area (Å²) in [5.74, 6) is -0.682. The minimum atomic E-state index is -0.682. The van der Waals surface area contributed by atoms with Crippen molar-refractivity contribution in [3.05, 3.63) is 78.5 Å². The molecule has 142 valence electrons. The van der Waals surface area contributed by atoms with Crippen LogP contribution in [0.4, 0.5) is 0 Å². The highest BCUT2D eigenvalue weighted by atomic mass is 35.5. The number of esters is 1. The number of rotatable bonds is 4. The molecule has 2 aromatic heterocycles. The van der Waals surface area contributed by atoms with E-state index in [1.165, 1.54) is 30.0 Å². The fraction of sp³-hybridized carbons (Fsp3) is 0.200. The molecule has 0 bridgehead atoms. The zero-order chi connectivity index (χ0) is 20.4. The largest absolute Gasteiger partial charge is 0.465 e. The number of nitrogens with zero attached hydrogens (tertiary/aromatic N) is 2. The number of halogens is 1. The maximum absolute atomic E-state index is 12.5. The number of ether oxygens (including phenoxy) is 1. The van der Waals surface area contributed by atoms with E-state index < -0.39 is 17.2 Å². The zero-order valence-corrected chi connectivity index (χ0v) is 15.9. The minimum absolute atomic E-state index is 0.0530. The predicted octanol–water partition coefficient (Wildman–Crippen LogP) is 2.88. The van der Waals surface area contributed by atoms with Crippen LogP contribution < -0.4 is 11.2 Å². The Bertz CT molecular complexity index is 1250. The molecule has 8 heteroatoms. The number of benzene rings is 1. The van der Waals surface area contributed by atoms with Gasteiger partial charge in [0, 0.05) is 22.7 Å². The molecule has 0 aliphatic carbocycles. The van der Waals surface area contributed by atoms with Gasteiger partial charge in [0.1, 0.15) is 17.2 Å². The van der Waals surface area contributed by atoms with Gasteiger partial charge in [0.05, 0.1) is 19.2 Å². The van der Waals surface area contributed by atoms with Crippen LogP contribution in [0, 0.1) is 11.3 Å². The van der Waals surface area contributed by atoms with Gasteiger partial charge in [-0.25, -0.2) is 9.59 Å². The van der Waals surface area contributed by atoms with E-state index in [1.54, 1.807) is 18.2 Å². The number of hydrogen-bond acceptors (Lipinski definition) is 6. The van der Waals surface area contributed by atoms with Crippen molar-refractivity contribution in [1.82, 2.24) is 4.57 Å². The number of fused-ring (bicyclic) bond motifs is 1. The van der Waals surface area contributed by atoms with E-state index in [0.717, 1.165) is 5.56 Å². The van der Waals surface area contributed by atoms with Crippen LogP contribution in [0.15, 0.2) is 44.5 Å². The third-order valence-corrected chi connectivity index (χ3v) is 4.70. The first-order valence-electron chi connectivity index (χ1n) is 8.36. The van der Waals surface area contributed by atoms with Crippen molar-refractivity contribution in [3.63, 3.8) is 0 Å². The average molecular weight is 399 g/mol. The molecule has 0 aliphatic heterocycles. The summed E-state index contributed by atoms with van der Waals surface area (Å²) in [4.78, 5) is 36.4. The maximum Gasteiger partial charge on any atom is 0.339 e. The second-order valence-corrected chi connectivity index (χ2v) is 6.47. The van der Waals surface area contributed by atoms with Gasteiger partial charge >= 0.3 is 11.6 Å². The fourth-order valence-electron chi connectivity index (χ4n) is 2.94. The van der Waals surface area contributed by atoms with E-state index in [2.05, 4.69) is 4.74 Å². The van der Waals surface area contributed by atoms with Gasteiger partial charge in [0.15, 0.2) is 0 Å². The first-order chi connectivity index (χ1) is 13.4. The van der Waals surface area contributed by atoms with Crippen molar-refractivity contribution in [2.45, 2.75) is 19.9 Å². The number of aryl methyl sites for hydroxylation is 1. The Morgan fingerprint density at radius 3 is 2.64 bits per heavy atom. The van der Waals surface area contributed by atoms with Gasteiger partial charge in [-0.1, -0.05) is 18.5 Å². The van der Waals surface area contributed by atoms with Gasteiger partial charge in [-0.05, 0) is 35.7 Å². The lowest BCUT2D eigenvalue weighted by Crippen LogP contribution is -2.25. The summed E-state index contributed by atoms with van der Waals surface area (Å²) in [5, 5.41) is 10.3. The van der Waals surface area contributed by atoms with E-state index in [1.807, 2.05) is 6.92 Å². The van der Waals surface area contributed by atoms with Crippen LogP contribution in [-0.2, 0) is 17.7 Å². The molecule has 1 aromatic carbocycles. The third-order valence-electron chi connectivity index (χ3n) is 4.35. The molecule has 3 rings (SSSR count). The van der Waals surface area contributed by atoms with E-state index in [4.69, 9.17) is 16.0 Å². The average Bonchev–Trinajstić information content (AvgIpc) is 2.68. The quantitative estimate of drug-likeness (QED) is 0.494. The Labute approximate surface area is 164 Å². The molecular weight excluding hydrogens is 384 g/mol. The van der Waals surface area contributed by atoms with Crippen molar-refractivity contribution in [1.29, 1.82) is 5.26 Å². The van der Waals surface area contributed by atoms with Gasteiger partial charge in [-0.15, -0.1) is 0 Å². The highest BCUT2D eigenvalue weighted by Gasteiger charge is 2.15. The summed E-state index contributed by atoms with van der Waals surface area (Å²) in [6.45, 7) is 1.87. The number of pyridine rings is 1. The molecule has 0 aliphatic rings. The molecule has 0 atom stereocenters. The van der Waals surface area contributed by atoms with Crippen LogP contribution >= 0.6 is 11.6 Å². The van der Waals surface area contributed by atoms with Crippen molar-refractivity contribution < 1.29 is 13.9 Å². The molecule has 0 N–H and O–H groups in total. The Hall–Kier alpha value is -3.37. The van der Waals surface area contributed by atoms with Gasteiger partial charge < -0.3 is 13.7 Å². The Balaban J connectivity index is 2.22. The van der Waals surface area contributed by atoms with Crippen molar-refractivity contribution in [2.24, 2.45) is 0 Å². The summed E-state index contributed by atoms with van der Waals surface area (Å²) >= 11 is 6.29.